The molecule has 1 aliphatic rings. The van der Waals surface area contributed by atoms with E-state index in [0.717, 1.165) is 25.7 Å². The molecule has 0 aliphatic heterocycles. The molecule has 0 saturated heterocycles. The summed E-state index contributed by atoms with van der Waals surface area (Å²) in [4.78, 5) is 14.5. The summed E-state index contributed by atoms with van der Waals surface area (Å²) in [7, 11) is 1.94. The normalized spacial score (nSPS) is 29.4. The van der Waals surface area contributed by atoms with Crippen LogP contribution in [0.4, 0.5) is 0 Å². The Balaban J connectivity index is 2.72. The zero-order valence-corrected chi connectivity index (χ0v) is 11.8. The van der Waals surface area contributed by atoms with Crippen molar-refractivity contribution < 1.29 is 4.79 Å². The summed E-state index contributed by atoms with van der Waals surface area (Å²) in [5.41, 5.74) is 6.14. The molecule has 0 aromatic carbocycles. The molecule has 2 N–H and O–H groups in total. The van der Waals surface area contributed by atoms with Crippen molar-refractivity contribution in [1.29, 1.82) is 0 Å². The molecule has 1 aliphatic carbocycles. The quantitative estimate of drug-likeness (QED) is 0.820. The number of carbonyl (C=O) groups excluding carboxylic acids is 1. The van der Waals surface area contributed by atoms with E-state index in [1.807, 2.05) is 11.9 Å². The SMILES string of the molecule is CCC(CC)N(C)C(=O)C1C(C)CCCC1N. The number of hydrogen-bond acceptors (Lipinski definition) is 2. The van der Waals surface area contributed by atoms with E-state index in [2.05, 4.69) is 20.8 Å². The Morgan fingerprint density at radius 2 is 1.94 bits per heavy atom. The Kier molecular flexibility index (Phi) is 5.44. The maximum Gasteiger partial charge on any atom is 0.227 e. The zero-order chi connectivity index (χ0) is 13.0. The number of nitrogens with zero attached hydrogens (tertiary/aromatic N) is 1. The van der Waals surface area contributed by atoms with Crippen LogP contribution in [0.3, 0.4) is 0 Å². The van der Waals surface area contributed by atoms with Crippen LogP contribution >= 0.6 is 0 Å². The van der Waals surface area contributed by atoms with Crippen LogP contribution in [0.5, 0.6) is 0 Å². The van der Waals surface area contributed by atoms with Gasteiger partial charge < -0.3 is 10.6 Å². The van der Waals surface area contributed by atoms with Gasteiger partial charge in [0.1, 0.15) is 0 Å². The minimum Gasteiger partial charge on any atom is -0.343 e. The van der Waals surface area contributed by atoms with E-state index in [0.29, 0.717) is 12.0 Å². The molecule has 0 heterocycles. The third kappa shape index (κ3) is 3.21. The second kappa shape index (κ2) is 6.39. The van der Waals surface area contributed by atoms with Crippen LogP contribution in [-0.2, 0) is 4.79 Å². The van der Waals surface area contributed by atoms with E-state index in [4.69, 9.17) is 5.73 Å². The second-order valence-electron chi connectivity index (χ2n) is 5.52. The van der Waals surface area contributed by atoms with Gasteiger partial charge in [-0.2, -0.15) is 0 Å². The van der Waals surface area contributed by atoms with E-state index < -0.39 is 0 Å². The van der Waals surface area contributed by atoms with Crippen LogP contribution in [0, 0.1) is 11.8 Å². The summed E-state index contributed by atoms with van der Waals surface area (Å²) >= 11 is 0. The van der Waals surface area contributed by atoms with E-state index in [9.17, 15) is 4.79 Å². The van der Waals surface area contributed by atoms with Gasteiger partial charge in [-0.3, -0.25) is 4.79 Å². The van der Waals surface area contributed by atoms with Gasteiger partial charge in [-0.25, -0.2) is 0 Å². The van der Waals surface area contributed by atoms with E-state index in [-0.39, 0.29) is 17.9 Å². The van der Waals surface area contributed by atoms with Gasteiger partial charge in [-0.05, 0) is 31.6 Å². The molecule has 1 amide bonds. The number of rotatable bonds is 4. The average Bonchev–Trinajstić information content (AvgIpc) is 2.30. The molecule has 3 heteroatoms. The largest absolute Gasteiger partial charge is 0.343 e. The monoisotopic (exact) mass is 240 g/mol. The van der Waals surface area contributed by atoms with Crippen LogP contribution in [0.25, 0.3) is 0 Å². The third-order valence-electron chi connectivity index (χ3n) is 4.39. The van der Waals surface area contributed by atoms with E-state index >= 15 is 0 Å². The smallest absolute Gasteiger partial charge is 0.227 e. The summed E-state index contributed by atoms with van der Waals surface area (Å²) in [6.07, 6.45) is 5.35. The summed E-state index contributed by atoms with van der Waals surface area (Å²) in [6, 6.07) is 0.423. The Bertz CT molecular complexity index is 241. The summed E-state index contributed by atoms with van der Waals surface area (Å²) in [5.74, 6) is 0.732. The molecule has 1 fully saturated rings. The van der Waals surface area contributed by atoms with Crippen LogP contribution in [0.15, 0.2) is 0 Å². The van der Waals surface area contributed by atoms with Crippen molar-refractivity contribution in [2.75, 3.05) is 7.05 Å². The lowest BCUT2D eigenvalue weighted by Crippen LogP contribution is -2.50. The molecule has 1 saturated carbocycles. The van der Waals surface area contributed by atoms with Crippen LogP contribution < -0.4 is 5.73 Å². The van der Waals surface area contributed by atoms with Gasteiger partial charge in [-0.15, -0.1) is 0 Å². The predicted octanol–water partition coefficient (Wildman–Crippen LogP) is 2.40. The van der Waals surface area contributed by atoms with E-state index in [1.165, 1.54) is 6.42 Å². The van der Waals surface area contributed by atoms with Gasteiger partial charge in [0.05, 0.1) is 5.92 Å². The highest BCUT2D eigenvalue weighted by molar-refractivity contribution is 5.80. The maximum atomic E-state index is 12.5. The van der Waals surface area contributed by atoms with Gasteiger partial charge in [-0.1, -0.05) is 27.2 Å². The lowest BCUT2D eigenvalue weighted by Gasteiger charge is -2.38. The Morgan fingerprint density at radius 1 is 1.35 bits per heavy atom. The van der Waals surface area contributed by atoms with Crippen molar-refractivity contribution in [1.82, 2.24) is 4.90 Å². The highest BCUT2D eigenvalue weighted by Gasteiger charge is 2.36. The molecule has 0 aromatic heterocycles. The number of carbonyl (C=O) groups is 1. The maximum absolute atomic E-state index is 12.5. The lowest BCUT2D eigenvalue weighted by atomic mass is 9.76. The van der Waals surface area contributed by atoms with Crippen molar-refractivity contribution >= 4 is 5.91 Å². The standard InChI is InChI=1S/C14H28N2O/c1-5-11(6-2)16(4)14(17)13-10(3)8-7-9-12(13)15/h10-13H,5-9,15H2,1-4H3. The lowest BCUT2D eigenvalue weighted by molar-refractivity contribution is -0.139. The van der Waals surface area contributed by atoms with Crippen molar-refractivity contribution in [3.05, 3.63) is 0 Å². The number of nitrogens with two attached hydrogens (primary N) is 1. The van der Waals surface area contributed by atoms with Crippen LogP contribution in [0.1, 0.15) is 52.9 Å². The van der Waals surface area contributed by atoms with E-state index in [1.54, 1.807) is 0 Å². The summed E-state index contributed by atoms with van der Waals surface area (Å²) < 4.78 is 0. The first-order valence-corrected chi connectivity index (χ1v) is 7.05. The summed E-state index contributed by atoms with van der Waals surface area (Å²) in [5, 5.41) is 0. The fraction of sp³-hybridized carbons (Fsp3) is 0.929. The van der Waals surface area contributed by atoms with Crippen molar-refractivity contribution in [3.8, 4) is 0 Å². The molecular formula is C14H28N2O. The minimum absolute atomic E-state index is 0.0364. The molecular weight excluding hydrogens is 212 g/mol. The highest BCUT2D eigenvalue weighted by Crippen LogP contribution is 2.30. The first-order valence-electron chi connectivity index (χ1n) is 7.05. The molecule has 0 aromatic rings. The zero-order valence-electron chi connectivity index (χ0n) is 11.8. The molecule has 0 spiro atoms. The molecule has 3 unspecified atom stereocenters. The summed E-state index contributed by atoms with van der Waals surface area (Å²) in [6.45, 7) is 6.45. The topological polar surface area (TPSA) is 46.3 Å². The molecule has 0 bridgehead atoms. The van der Waals surface area contributed by atoms with Gasteiger partial charge in [0.2, 0.25) is 5.91 Å². The van der Waals surface area contributed by atoms with Crippen molar-refractivity contribution in [3.63, 3.8) is 0 Å². The first kappa shape index (κ1) is 14.5. The molecule has 1 rings (SSSR count). The van der Waals surface area contributed by atoms with Gasteiger partial charge in [0.15, 0.2) is 0 Å². The fourth-order valence-electron chi connectivity index (χ4n) is 3.13. The average molecular weight is 240 g/mol. The number of hydrogen-bond donors (Lipinski definition) is 1. The first-order chi connectivity index (χ1) is 8.02. The van der Waals surface area contributed by atoms with Crippen LogP contribution in [-0.4, -0.2) is 29.9 Å². The van der Waals surface area contributed by atoms with Crippen molar-refractivity contribution in [2.24, 2.45) is 17.6 Å². The molecule has 0 radical (unpaired) electrons. The molecule has 17 heavy (non-hydrogen) atoms. The number of amides is 1. The Morgan fingerprint density at radius 3 is 2.41 bits per heavy atom. The van der Waals surface area contributed by atoms with Crippen molar-refractivity contribution in [2.45, 2.75) is 65.0 Å². The highest BCUT2D eigenvalue weighted by atomic mass is 16.2. The molecule has 3 atom stereocenters. The van der Waals surface area contributed by atoms with Gasteiger partial charge in [0.25, 0.3) is 0 Å². The molecule has 3 nitrogen and oxygen atoms in total. The van der Waals surface area contributed by atoms with Gasteiger partial charge in [0, 0.05) is 19.1 Å². The predicted molar refractivity (Wildman–Crippen MR) is 71.6 cm³/mol. The van der Waals surface area contributed by atoms with Crippen LogP contribution in [0.2, 0.25) is 0 Å². The Labute approximate surface area is 106 Å². The molecule has 100 valence electrons. The van der Waals surface area contributed by atoms with Gasteiger partial charge >= 0.3 is 0 Å². The second-order valence-corrected chi connectivity index (χ2v) is 5.52. The minimum atomic E-state index is 0.0364. The Hall–Kier alpha value is -0.570. The third-order valence-corrected chi connectivity index (χ3v) is 4.39. The fourth-order valence-corrected chi connectivity index (χ4v) is 3.13.